The molecule has 0 saturated heterocycles. The van der Waals surface area contributed by atoms with Gasteiger partial charge in [-0.1, -0.05) is 24.3 Å². The van der Waals surface area contributed by atoms with E-state index in [-0.39, 0.29) is 0 Å². The second kappa shape index (κ2) is 7.14. The number of benzene rings is 2. The molecule has 124 valence electrons. The molecule has 1 aliphatic rings. The molecular formula is C18H18N2O4. The van der Waals surface area contributed by atoms with E-state index in [1.54, 1.807) is 31.4 Å². The van der Waals surface area contributed by atoms with Gasteiger partial charge < -0.3 is 9.47 Å². The number of hydrogen-bond donors (Lipinski definition) is 2. The first-order valence-corrected chi connectivity index (χ1v) is 7.62. The van der Waals surface area contributed by atoms with Crippen LogP contribution in [0.25, 0.3) is 0 Å². The number of ether oxygens (including phenoxy) is 2. The molecule has 1 atom stereocenters. The van der Waals surface area contributed by atoms with E-state index in [4.69, 9.17) is 9.47 Å². The first-order chi connectivity index (χ1) is 11.7. The second-order valence-electron chi connectivity index (χ2n) is 5.37. The summed E-state index contributed by atoms with van der Waals surface area (Å²) in [6, 6.07) is 14.2. The molecule has 1 heterocycles. The third-order valence-corrected chi connectivity index (χ3v) is 3.88. The molecule has 3 rings (SSSR count). The molecule has 2 aromatic rings. The number of carbonyl (C=O) groups excluding carboxylic acids is 2. The first kappa shape index (κ1) is 16.0. The smallest absolute Gasteiger partial charge is 0.272 e. The zero-order valence-corrected chi connectivity index (χ0v) is 13.2. The van der Waals surface area contributed by atoms with Gasteiger partial charge in [-0.25, -0.2) is 0 Å². The van der Waals surface area contributed by atoms with Crippen molar-refractivity contribution in [2.45, 2.75) is 12.5 Å². The van der Waals surface area contributed by atoms with Crippen LogP contribution in [-0.4, -0.2) is 25.5 Å². The molecule has 0 saturated carbocycles. The molecule has 2 aromatic carbocycles. The molecule has 0 bridgehead atoms. The van der Waals surface area contributed by atoms with Crippen molar-refractivity contribution >= 4 is 11.8 Å². The third-order valence-electron chi connectivity index (χ3n) is 3.88. The van der Waals surface area contributed by atoms with E-state index in [9.17, 15) is 9.59 Å². The number of fused-ring (bicyclic) bond motifs is 1. The molecule has 0 aliphatic carbocycles. The van der Waals surface area contributed by atoms with Crippen LogP contribution in [0.2, 0.25) is 0 Å². The van der Waals surface area contributed by atoms with Gasteiger partial charge in [0.25, 0.3) is 11.8 Å². The van der Waals surface area contributed by atoms with Crippen molar-refractivity contribution in [2.75, 3.05) is 13.7 Å². The lowest BCUT2D eigenvalue weighted by Crippen LogP contribution is -2.45. The van der Waals surface area contributed by atoms with Gasteiger partial charge in [-0.2, -0.15) is 0 Å². The molecule has 0 spiro atoms. The van der Waals surface area contributed by atoms with Gasteiger partial charge >= 0.3 is 0 Å². The van der Waals surface area contributed by atoms with E-state index in [2.05, 4.69) is 10.9 Å². The van der Waals surface area contributed by atoms with Crippen LogP contribution in [-0.2, 0) is 16.0 Å². The van der Waals surface area contributed by atoms with Gasteiger partial charge in [0, 0.05) is 5.56 Å². The second-order valence-corrected chi connectivity index (χ2v) is 5.37. The topological polar surface area (TPSA) is 76.7 Å². The van der Waals surface area contributed by atoms with E-state index in [1.807, 2.05) is 24.3 Å². The number of hydrogen-bond acceptors (Lipinski definition) is 4. The lowest BCUT2D eigenvalue weighted by molar-refractivity contribution is -0.134. The number of hydrazine groups is 1. The molecule has 24 heavy (non-hydrogen) atoms. The standard InChI is InChI=1S/C18H18N2O4/c1-23-14-8-6-13(7-9-14)17(21)19-20-18(22)16-15-5-3-2-4-12(15)10-11-24-16/h2-9,16H,10-11H2,1H3,(H,19,21)(H,20,22). The number of nitrogens with one attached hydrogen (secondary N) is 2. The molecule has 6 nitrogen and oxygen atoms in total. The fourth-order valence-corrected chi connectivity index (χ4v) is 2.61. The molecule has 1 unspecified atom stereocenters. The summed E-state index contributed by atoms with van der Waals surface area (Å²) in [6.07, 6.45) is 0.0594. The molecule has 6 heteroatoms. The summed E-state index contributed by atoms with van der Waals surface area (Å²) in [7, 11) is 1.55. The van der Waals surface area contributed by atoms with Gasteiger partial charge in [-0.15, -0.1) is 0 Å². The van der Waals surface area contributed by atoms with Gasteiger partial charge in [0.1, 0.15) is 5.75 Å². The van der Waals surface area contributed by atoms with E-state index >= 15 is 0 Å². The average molecular weight is 326 g/mol. The van der Waals surface area contributed by atoms with Crippen molar-refractivity contribution in [1.29, 1.82) is 0 Å². The van der Waals surface area contributed by atoms with Crippen molar-refractivity contribution in [3.63, 3.8) is 0 Å². The van der Waals surface area contributed by atoms with Crippen molar-refractivity contribution in [1.82, 2.24) is 10.9 Å². The molecule has 0 fully saturated rings. The Bertz CT molecular complexity index is 743. The zero-order chi connectivity index (χ0) is 16.9. The van der Waals surface area contributed by atoms with Crippen molar-refractivity contribution in [3.05, 3.63) is 65.2 Å². The maximum atomic E-state index is 12.3. The highest BCUT2D eigenvalue weighted by Gasteiger charge is 2.27. The lowest BCUT2D eigenvalue weighted by Gasteiger charge is -2.25. The van der Waals surface area contributed by atoms with E-state index < -0.39 is 17.9 Å². The number of methoxy groups -OCH3 is 1. The number of amides is 2. The predicted molar refractivity (Wildman–Crippen MR) is 87.4 cm³/mol. The van der Waals surface area contributed by atoms with Crippen LogP contribution in [0.5, 0.6) is 5.75 Å². The Balaban J connectivity index is 1.62. The Morgan fingerprint density at radius 2 is 1.83 bits per heavy atom. The Labute approximate surface area is 139 Å². The molecule has 0 aromatic heterocycles. The maximum absolute atomic E-state index is 12.3. The SMILES string of the molecule is COc1ccc(C(=O)NNC(=O)C2OCCc3ccccc32)cc1. The maximum Gasteiger partial charge on any atom is 0.272 e. The quantitative estimate of drug-likeness (QED) is 0.843. The van der Waals surface area contributed by atoms with E-state index in [0.717, 1.165) is 17.5 Å². The van der Waals surface area contributed by atoms with Crippen molar-refractivity contribution in [2.24, 2.45) is 0 Å². The van der Waals surface area contributed by atoms with Crippen LogP contribution in [0.3, 0.4) is 0 Å². The minimum Gasteiger partial charge on any atom is -0.497 e. The van der Waals surface area contributed by atoms with Crippen LogP contribution in [0.4, 0.5) is 0 Å². The van der Waals surface area contributed by atoms with E-state index in [1.165, 1.54) is 0 Å². The van der Waals surface area contributed by atoms with Gasteiger partial charge in [-0.3, -0.25) is 20.4 Å². The Hall–Kier alpha value is -2.86. The Morgan fingerprint density at radius 1 is 1.08 bits per heavy atom. The molecular weight excluding hydrogens is 308 g/mol. The van der Waals surface area contributed by atoms with Gasteiger partial charge in [0.15, 0.2) is 6.10 Å². The van der Waals surface area contributed by atoms with Gasteiger partial charge in [0.2, 0.25) is 0 Å². The van der Waals surface area contributed by atoms with Gasteiger partial charge in [-0.05, 0) is 41.8 Å². The van der Waals surface area contributed by atoms with Crippen LogP contribution in [0, 0.1) is 0 Å². The Kier molecular flexibility index (Phi) is 4.77. The van der Waals surface area contributed by atoms with Crippen molar-refractivity contribution in [3.8, 4) is 5.75 Å². The molecule has 1 aliphatic heterocycles. The number of rotatable bonds is 3. The molecule has 2 amide bonds. The normalized spacial score (nSPS) is 16.0. The number of carbonyl (C=O) groups is 2. The first-order valence-electron chi connectivity index (χ1n) is 7.62. The summed E-state index contributed by atoms with van der Waals surface area (Å²) >= 11 is 0. The zero-order valence-electron chi connectivity index (χ0n) is 13.2. The van der Waals surface area contributed by atoms with Gasteiger partial charge in [0.05, 0.1) is 13.7 Å². The summed E-state index contributed by atoms with van der Waals surface area (Å²) in [6.45, 7) is 0.474. The summed E-state index contributed by atoms with van der Waals surface area (Å²) in [5.41, 5.74) is 7.17. The third kappa shape index (κ3) is 3.38. The minimum absolute atomic E-state index is 0.399. The summed E-state index contributed by atoms with van der Waals surface area (Å²) in [5.74, 6) is -0.151. The summed E-state index contributed by atoms with van der Waals surface area (Å²) in [4.78, 5) is 24.4. The monoisotopic (exact) mass is 326 g/mol. The lowest BCUT2D eigenvalue weighted by atomic mass is 9.97. The summed E-state index contributed by atoms with van der Waals surface area (Å²) in [5, 5.41) is 0. The van der Waals surface area contributed by atoms with Crippen LogP contribution in [0.1, 0.15) is 27.6 Å². The van der Waals surface area contributed by atoms with Crippen LogP contribution >= 0.6 is 0 Å². The molecule has 0 radical (unpaired) electrons. The largest absolute Gasteiger partial charge is 0.497 e. The fraction of sp³-hybridized carbons (Fsp3) is 0.222. The highest BCUT2D eigenvalue weighted by atomic mass is 16.5. The van der Waals surface area contributed by atoms with E-state index in [0.29, 0.717) is 17.9 Å². The highest BCUT2D eigenvalue weighted by molar-refractivity contribution is 5.96. The highest BCUT2D eigenvalue weighted by Crippen LogP contribution is 2.26. The predicted octanol–water partition coefficient (Wildman–Crippen LogP) is 1.77. The molecule has 2 N–H and O–H groups in total. The average Bonchev–Trinajstić information content (AvgIpc) is 2.65. The Morgan fingerprint density at radius 3 is 2.58 bits per heavy atom. The fourth-order valence-electron chi connectivity index (χ4n) is 2.61. The van der Waals surface area contributed by atoms with Crippen molar-refractivity contribution < 1.29 is 19.1 Å². The summed E-state index contributed by atoms with van der Waals surface area (Å²) < 4.78 is 10.6. The van der Waals surface area contributed by atoms with Crippen LogP contribution < -0.4 is 15.6 Å². The van der Waals surface area contributed by atoms with Crippen LogP contribution in [0.15, 0.2) is 48.5 Å². The minimum atomic E-state index is -0.717.